The maximum Gasteiger partial charge on any atom is 0.313 e. The van der Waals surface area contributed by atoms with Gasteiger partial charge in [0.25, 0.3) is 5.69 Å². The van der Waals surface area contributed by atoms with Gasteiger partial charge >= 0.3 is 5.97 Å². The number of nitrogens with one attached hydrogen (secondary N) is 1. The topological polar surface area (TPSA) is 116 Å². The fourth-order valence-corrected chi connectivity index (χ4v) is 4.11. The molecule has 0 aliphatic carbocycles. The quantitative estimate of drug-likeness (QED) is 0.429. The first kappa shape index (κ1) is 21.5. The number of methoxy groups -OCH3 is 1. The van der Waals surface area contributed by atoms with Crippen molar-refractivity contribution >= 4 is 21.7 Å². The Morgan fingerprint density at radius 1 is 1.11 bits per heavy atom. The van der Waals surface area contributed by atoms with E-state index in [-0.39, 0.29) is 10.6 Å². The van der Waals surface area contributed by atoms with E-state index in [2.05, 4.69) is 4.72 Å². The molecule has 0 saturated heterocycles. The van der Waals surface area contributed by atoms with Crippen LogP contribution in [-0.4, -0.2) is 26.4 Å². The minimum Gasteiger partial charge on any atom is -0.469 e. The molecular weight excluding hydrogens is 384 g/mol. The van der Waals surface area contributed by atoms with Gasteiger partial charge in [-0.05, 0) is 38.5 Å². The number of sulfonamides is 1. The Labute approximate surface area is 163 Å². The molecule has 0 heterocycles. The molecule has 0 aliphatic heterocycles. The molecule has 0 bridgehead atoms. The normalized spacial score (nSPS) is 13.0. The zero-order valence-corrected chi connectivity index (χ0v) is 16.8. The van der Waals surface area contributed by atoms with Gasteiger partial charge < -0.3 is 4.74 Å². The number of hydrogen-bond acceptors (Lipinski definition) is 6. The average Bonchev–Trinajstić information content (AvgIpc) is 2.65. The first-order valence-electron chi connectivity index (χ1n) is 8.41. The van der Waals surface area contributed by atoms with E-state index in [1.807, 2.05) is 6.92 Å². The van der Waals surface area contributed by atoms with Gasteiger partial charge in [0, 0.05) is 12.1 Å². The standard InChI is InChI=1S/C19H22N2O6S/c1-13-5-11-16(12-6-13)28(25,26)20-17(19(2,3)18(22)27-4)14-7-9-15(10-8-14)21(23)24/h5-12,17,20H,1-4H3. The molecule has 0 aromatic heterocycles. The van der Waals surface area contributed by atoms with Crippen LogP contribution in [0.25, 0.3) is 0 Å². The van der Waals surface area contributed by atoms with E-state index in [0.717, 1.165) is 5.56 Å². The molecule has 0 fully saturated rings. The highest BCUT2D eigenvalue weighted by Crippen LogP contribution is 2.36. The number of esters is 1. The second-order valence-electron chi connectivity index (χ2n) is 6.93. The molecule has 1 N–H and O–H groups in total. The number of carbonyl (C=O) groups is 1. The van der Waals surface area contributed by atoms with Gasteiger partial charge in [0.05, 0.1) is 28.4 Å². The van der Waals surface area contributed by atoms with Crippen molar-refractivity contribution in [2.75, 3.05) is 7.11 Å². The lowest BCUT2D eigenvalue weighted by Crippen LogP contribution is -2.43. The third-order valence-electron chi connectivity index (χ3n) is 4.47. The minimum atomic E-state index is -3.97. The number of rotatable bonds is 7. The number of nitrogens with zero attached hydrogens (tertiary/aromatic N) is 1. The van der Waals surface area contributed by atoms with E-state index in [1.165, 1.54) is 43.5 Å². The molecule has 9 heteroatoms. The fourth-order valence-electron chi connectivity index (χ4n) is 2.74. The molecule has 0 spiro atoms. The van der Waals surface area contributed by atoms with Crippen LogP contribution in [0.4, 0.5) is 5.69 Å². The van der Waals surface area contributed by atoms with Crippen molar-refractivity contribution < 1.29 is 22.9 Å². The summed E-state index contributed by atoms with van der Waals surface area (Å²) in [6.45, 7) is 4.93. The number of benzene rings is 2. The first-order chi connectivity index (χ1) is 13.0. The number of hydrogen-bond donors (Lipinski definition) is 1. The third-order valence-corrected chi connectivity index (χ3v) is 5.91. The second kappa shape index (κ2) is 8.07. The van der Waals surface area contributed by atoms with Crippen molar-refractivity contribution in [3.05, 3.63) is 69.8 Å². The zero-order valence-electron chi connectivity index (χ0n) is 16.0. The molecular formula is C19H22N2O6S. The molecule has 1 unspecified atom stereocenters. The largest absolute Gasteiger partial charge is 0.469 e. The van der Waals surface area contributed by atoms with E-state index in [4.69, 9.17) is 4.74 Å². The Bertz CT molecular complexity index is 966. The van der Waals surface area contributed by atoms with Crippen molar-refractivity contribution in [3.8, 4) is 0 Å². The van der Waals surface area contributed by atoms with Crippen LogP contribution in [0.15, 0.2) is 53.4 Å². The maximum absolute atomic E-state index is 12.9. The van der Waals surface area contributed by atoms with Gasteiger partial charge in [0.1, 0.15) is 0 Å². The summed E-state index contributed by atoms with van der Waals surface area (Å²) < 4.78 is 33.2. The molecule has 0 saturated carbocycles. The highest BCUT2D eigenvalue weighted by molar-refractivity contribution is 7.89. The molecule has 2 aromatic rings. The van der Waals surface area contributed by atoms with Gasteiger partial charge in [0.2, 0.25) is 10.0 Å². The lowest BCUT2D eigenvalue weighted by atomic mass is 9.81. The van der Waals surface area contributed by atoms with Crippen molar-refractivity contribution in [1.29, 1.82) is 0 Å². The Balaban J connectivity index is 2.50. The Hall–Kier alpha value is -2.78. The summed E-state index contributed by atoms with van der Waals surface area (Å²) >= 11 is 0. The van der Waals surface area contributed by atoms with Crippen LogP contribution < -0.4 is 4.72 Å². The highest BCUT2D eigenvalue weighted by Gasteiger charge is 2.41. The predicted octanol–water partition coefficient (Wildman–Crippen LogP) is 3.12. The third kappa shape index (κ3) is 4.55. The smallest absolute Gasteiger partial charge is 0.313 e. The number of non-ortho nitro benzene ring substituents is 1. The van der Waals surface area contributed by atoms with E-state index >= 15 is 0 Å². The van der Waals surface area contributed by atoms with E-state index < -0.39 is 32.4 Å². The monoisotopic (exact) mass is 406 g/mol. The second-order valence-corrected chi connectivity index (χ2v) is 8.64. The number of aryl methyl sites for hydroxylation is 1. The molecule has 1 atom stereocenters. The first-order valence-corrected chi connectivity index (χ1v) is 9.89. The lowest BCUT2D eigenvalue weighted by molar-refractivity contribution is -0.384. The number of nitro benzene ring substituents is 1. The zero-order chi connectivity index (χ0) is 21.1. The lowest BCUT2D eigenvalue weighted by Gasteiger charge is -2.32. The van der Waals surface area contributed by atoms with Crippen LogP contribution in [0.2, 0.25) is 0 Å². The minimum absolute atomic E-state index is 0.0469. The van der Waals surface area contributed by atoms with Crippen molar-refractivity contribution in [2.45, 2.75) is 31.7 Å². The summed E-state index contributed by atoms with van der Waals surface area (Å²) in [5, 5.41) is 10.9. The summed E-state index contributed by atoms with van der Waals surface area (Å²) in [4.78, 5) is 22.7. The molecule has 0 radical (unpaired) electrons. The summed E-state index contributed by atoms with van der Waals surface area (Å²) in [5.74, 6) is -0.623. The van der Waals surface area contributed by atoms with Gasteiger partial charge in [-0.25, -0.2) is 13.1 Å². The fraction of sp³-hybridized carbons (Fsp3) is 0.316. The van der Waals surface area contributed by atoms with Gasteiger partial charge in [-0.3, -0.25) is 14.9 Å². The summed E-state index contributed by atoms with van der Waals surface area (Å²) in [7, 11) is -2.75. The highest BCUT2D eigenvalue weighted by atomic mass is 32.2. The Morgan fingerprint density at radius 3 is 2.11 bits per heavy atom. The van der Waals surface area contributed by atoms with Crippen LogP contribution >= 0.6 is 0 Å². The molecule has 0 amide bonds. The molecule has 0 aliphatic rings. The molecule has 150 valence electrons. The van der Waals surface area contributed by atoms with Crippen LogP contribution in [0, 0.1) is 22.5 Å². The molecule has 8 nitrogen and oxygen atoms in total. The number of nitro groups is 1. The van der Waals surface area contributed by atoms with Crippen LogP contribution in [0.3, 0.4) is 0 Å². The maximum atomic E-state index is 12.9. The molecule has 2 aromatic carbocycles. The van der Waals surface area contributed by atoms with Crippen molar-refractivity contribution in [1.82, 2.24) is 4.72 Å². The van der Waals surface area contributed by atoms with Crippen molar-refractivity contribution in [3.63, 3.8) is 0 Å². The number of ether oxygens (including phenoxy) is 1. The van der Waals surface area contributed by atoms with Crippen LogP contribution in [0.1, 0.15) is 31.0 Å². The summed E-state index contributed by atoms with van der Waals surface area (Å²) in [6.07, 6.45) is 0. The average molecular weight is 406 g/mol. The van der Waals surface area contributed by atoms with Gasteiger partial charge in [-0.15, -0.1) is 0 Å². The summed E-state index contributed by atoms with van der Waals surface area (Å²) in [6, 6.07) is 10.6. The molecule has 2 rings (SSSR count). The van der Waals surface area contributed by atoms with E-state index in [9.17, 15) is 23.3 Å². The Morgan fingerprint density at radius 2 is 1.64 bits per heavy atom. The SMILES string of the molecule is COC(=O)C(C)(C)C(NS(=O)(=O)c1ccc(C)cc1)c1ccc([N+](=O)[O-])cc1. The van der Waals surface area contributed by atoms with Gasteiger partial charge in [-0.2, -0.15) is 0 Å². The molecule has 28 heavy (non-hydrogen) atoms. The van der Waals surface area contributed by atoms with Crippen molar-refractivity contribution in [2.24, 2.45) is 5.41 Å². The Kier molecular flexibility index (Phi) is 6.20. The van der Waals surface area contributed by atoms with E-state index in [0.29, 0.717) is 5.56 Å². The van der Waals surface area contributed by atoms with E-state index in [1.54, 1.807) is 26.0 Å². The van der Waals surface area contributed by atoms with Crippen LogP contribution in [-0.2, 0) is 19.6 Å². The predicted molar refractivity (Wildman–Crippen MR) is 103 cm³/mol. The number of carbonyl (C=O) groups excluding carboxylic acids is 1. The van der Waals surface area contributed by atoms with Gasteiger partial charge in [-0.1, -0.05) is 29.8 Å². The van der Waals surface area contributed by atoms with Crippen LogP contribution in [0.5, 0.6) is 0 Å². The van der Waals surface area contributed by atoms with Gasteiger partial charge in [0.15, 0.2) is 0 Å². The summed E-state index contributed by atoms with van der Waals surface area (Å²) in [5.41, 5.74) is -0.111.